The second kappa shape index (κ2) is 6.44. The third-order valence-electron chi connectivity index (χ3n) is 3.25. The highest BCUT2D eigenvalue weighted by Crippen LogP contribution is 2.22. The van der Waals surface area contributed by atoms with Crippen LogP contribution in [-0.4, -0.2) is 18.8 Å². The fourth-order valence-corrected chi connectivity index (χ4v) is 2.14. The van der Waals surface area contributed by atoms with E-state index in [0.717, 1.165) is 22.6 Å². The highest BCUT2D eigenvalue weighted by Gasteiger charge is 2.11. The maximum Gasteiger partial charge on any atom is 0.119 e. The van der Waals surface area contributed by atoms with Crippen LogP contribution in [0.1, 0.15) is 22.8 Å². The van der Waals surface area contributed by atoms with Gasteiger partial charge in [0.2, 0.25) is 0 Å². The zero-order valence-corrected chi connectivity index (χ0v) is 12.1. The van der Waals surface area contributed by atoms with E-state index in [-0.39, 0.29) is 6.61 Å². The van der Waals surface area contributed by atoms with E-state index >= 15 is 0 Å². The van der Waals surface area contributed by atoms with Crippen molar-refractivity contribution in [2.45, 2.75) is 20.0 Å². The minimum atomic E-state index is -0.627. The third kappa shape index (κ3) is 3.52. The summed E-state index contributed by atoms with van der Waals surface area (Å²) >= 11 is 0. The van der Waals surface area contributed by atoms with E-state index in [1.165, 1.54) is 5.56 Å². The summed E-state index contributed by atoms with van der Waals surface area (Å²) in [6.07, 6.45) is -0.627. The maximum absolute atomic E-state index is 10.2. The van der Waals surface area contributed by atoms with E-state index < -0.39 is 6.10 Å². The number of aliphatic hydroxyl groups excluding tert-OH is 1. The average molecular weight is 272 g/mol. The molecule has 106 valence electrons. The molecule has 1 atom stereocenters. The Balaban J connectivity index is 1.98. The quantitative estimate of drug-likeness (QED) is 0.906. The predicted octanol–water partition coefficient (Wildman–Crippen LogP) is 3.42. The van der Waals surface area contributed by atoms with Crippen LogP contribution in [0.25, 0.3) is 0 Å². The maximum atomic E-state index is 10.2. The lowest BCUT2D eigenvalue weighted by Gasteiger charge is -2.15. The Hall–Kier alpha value is -2.00. The SMILES string of the molecule is COc1ccc(OCC(O)c2ccc(C)cc2C)cc1. The van der Waals surface area contributed by atoms with Gasteiger partial charge in [-0.3, -0.25) is 0 Å². The zero-order valence-electron chi connectivity index (χ0n) is 12.1. The molecule has 2 aromatic carbocycles. The topological polar surface area (TPSA) is 38.7 Å². The molecule has 2 aromatic rings. The van der Waals surface area contributed by atoms with Gasteiger partial charge >= 0.3 is 0 Å². The summed E-state index contributed by atoms with van der Waals surface area (Å²) in [5, 5.41) is 10.2. The van der Waals surface area contributed by atoms with Crippen LogP contribution in [0.3, 0.4) is 0 Å². The molecule has 0 radical (unpaired) electrons. The molecule has 3 heteroatoms. The molecule has 0 saturated carbocycles. The van der Waals surface area contributed by atoms with Gasteiger partial charge in [0.1, 0.15) is 24.2 Å². The minimum absolute atomic E-state index is 0.232. The average Bonchev–Trinajstić information content (AvgIpc) is 2.45. The molecular formula is C17H20O3. The Morgan fingerprint density at radius 3 is 2.25 bits per heavy atom. The van der Waals surface area contributed by atoms with Crippen LogP contribution in [0.15, 0.2) is 42.5 Å². The van der Waals surface area contributed by atoms with Crippen LogP contribution in [0.4, 0.5) is 0 Å². The van der Waals surface area contributed by atoms with Crippen LogP contribution in [0.2, 0.25) is 0 Å². The van der Waals surface area contributed by atoms with Crippen LogP contribution >= 0.6 is 0 Å². The van der Waals surface area contributed by atoms with Gasteiger partial charge in [-0.2, -0.15) is 0 Å². The Bertz CT molecular complexity index is 561. The number of benzene rings is 2. The molecule has 0 aliphatic heterocycles. The van der Waals surface area contributed by atoms with Crippen LogP contribution < -0.4 is 9.47 Å². The zero-order chi connectivity index (χ0) is 14.5. The van der Waals surface area contributed by atoms with Crippen molar-refractivity contribution < 1.29 is 14.6 Å². The monoisotopic (exact) mass is 272 g/mol. The predicted molar refractivity (Wildman–Crippen MR) is 79.4 cm³/mol. The Morgan fingerprint density at radius 2 is 1.65 bits per heavy atom. The summed E-state index contributed by atoms with van der Waals surface area (Å²) in [5.41, 5.74) is 3.18. The molecule has 0 bridgehead atoms. The van der Waals surface area contributed by atoms with E-state index in [2.05, 4.69) is 6.07 Å². The highest BCUT2D eigenvalue weighted by molar-refractivity contribution is 5.33. The van der Waals surface area contributed by atoms with E-state index in [1.807, 2.05) is 50.2 Å². The summed E-state index contributed by atoms with van der Waals surface area (Å²) in [5.74, 6) is 1.50. The van der Waals surface area contributed by atoms with Gasteiger partial charge in [0.15, 0.2) is 0 Å². The normalized spacial score (nSPS) is 12.0. The van der Waals surface area contributed by atoms with Gasteiger partial charge in [-0.05, 0) is 49.2 Å². The molecule has 0 aliphatic carbocycles. The van der Waals surface area contributed by atoms with Gasteiger partial charge in [0.05, 0.1) is 7.11 Å². The standard InChI is InChI=1S/C17H20O3/c1-12-4-9-16(13(2)10-12)17(18)11-20-15-7-5-14(19-3)6-8-15/h4-10,17-18H,11H2,1-3H3. The molecule has 0 aliphatic rings. The molecule has 1 unspecified atom stereocenters. The summed E-state index contributed by atoms with van der Waals surface area (Å²) in [6, 6.07) is 13.3. The van der Waals surface area contributed by atoms with Gasteiger partial charge in [-0.15, -0.1) is 0 Å². The molecule has 3 nitrogen and oxygen atoms in total. The highest BCUT2D eigenvalue weighted by atomic mass is 16.5. The summed E-state index contributed by atoms with van der Waals surface area (Å²) in [6.45, 7) is 4.27. The molecule has 0 spiro atoms. The molecule has 20 heavy (non-hydrogen) atoms. The van der Waals surface area contributed by atoms with Crippen molar-refractivity contribution >= 4 is 0 Å². The molecule has 2 rings (SSSR count). The third-order valence-corrected chi connectivity index (χ3v) is 3.25. The second-order valence-electron chi connectivity index (χ2n) is 4.86. The minimum Gasteiger partial charge on any atom is -0.497 e. The number of hydrogen-bond donors (Lipinski definition) is 1. The van der Waals surface area contributed by atoms with Crippen molar-refractivity contribution in [1.29, 1.82) is 0 Å². The Morgan fingerprint density at radius 1 is 1.00 bits per heavy atom. The Labute approximate surface area is 119 Å². The first kappa shape index (κ1) is 14.4. The number of ether oxygens (including phenoxy) is 2. The largest absolute Gasteiger partial charge is 0.497 e. The first-order valence-electron chi connectivity index (χ1n) is 6.62. The Kier molecular flexibility index (Phi) is 4.64. The van der Waals surface area contributed by atoms with Crippen LogP contribution in [0.5, 0.6) is 11.5 Å². The summed E-state index contributed by atoms with van der Waals surface area (Å²) in [7, 11) is 1.62. The van der Waals surface area contributed by atoms with Gasteiger partial charge < -0.3 is 14.6 Å². The van der Waals surface area contributed by atoms with Crippen molar-refractivity contribution in [2.24, 2.45) is 0 Å². The van der Waals surface area contributed by atoms with E-state index in [9.17, 15) is 5.11 Å². The van der Waals surface area contributed by atoms with E-state index in [4.69, 9.17) is 9.47 Å². The number of aryl methyl sites for hydroxylation is 2. The number of hydrogen-bond acceptors (Lipinski definition) is 3. The van der Waals surface area contributed by atoms with Gasteiger partial charge in [-0.1, -0.05) is 23.8 Å². The summed E-state index contributed by atoms with van der Waals surface area (Å²) < 4.78 is 10.7. The second-order valence-corrected chi connectivity index (χ2v) is 4.86. The van der Waals surface area contributed by atoms with Crippen LogP contribution in [-0.2, 0) is 0 Å². The van der Waals surface area contributed by atoms with Crippen molar-refractivity contribution in [2.75, 3.05) is 13.7 Å². The number of methoxy groups -OCH3 is 1. The lowest BCUT2D eigenvalue weighted by atomic mass is 10.0. The molecule has 0 saturated heterocycles. The lowest BCUT2D eigenvalue weighted by Crippen LogP contribution is -2.11. The van der Waals surface area contributed by atoms with Gasteiger partial charge in [0.25, 0.3) is 0 Å². The van der Waals surface area contributed by atoms with Crippen molar-refractivity contribution in [3.05, 3.63) is 59.2 Å². The van der Waals surface area contributed by atoms with E-state index in [0.29, 0.717) is 0 Å². The smallest absolute Gasteiger partial charge is 0.119 e. The first-order chi connectivity index (χ1) is 9.60. The van der Waals surface area contributed by atoms with Crippen molar-refractivity contribution in [3.8, 4) is 11.5 Å². The van der Waals surface area contributed by atoms with Crippen LogP contribution in [0, 0.1) is 13.8 Å². The first-order valence-corrected chi connectivity index (χ1v) is 6.62. The molecule has 0 fully saturated rings. The molecule has 0 aromatic heterocycles. The molecule has 1 N–H and O–H groups in total. The van der Waals surface area contributed by atoms with Crippen molar-refractivity contribution in [1.82, 2.24) is 0 Å². The van der Waals surface area contributed by atoms with Crippen molar-refractivity contribution in [3.63, 3.8) is 0 Å². The number of rotatable bonds is 5. The van der Waals surface area contributed by atoms with Gasteiger partial charge in [-0.25, -0.2) is 0 Å². The molecule has 0 heterocycles. The fraction of sp³-hybridized carbons (Fsp3) is 0.294. The number of aliphatic hydroxyl groups is 1. The summed E-state index contributed by atoms with van der Waals surface area (Å²) in [4.78, 5) is 0. The molecule has 0 amide bonds. The lowest BCUT2D eigenvalue weighted by molar-refractivity contribution is 0.107. The van der Waals surface area contributed by atoms with Gasteiger partial charge in [0, 0.05) is 0 Å². The van der Waals surface area contributed by atoms with E-state index in [1.54, 1.807) is 7.11 Å². The fourth-order valence-electron chi connectivity index (χ4n) is 2.14. The molecular weight excluding hydrogens is 252 g/mol.